The van der Waals surface area contributed by atoms with Crippen LogP contribution in [0.15, 0.2) is 35.7 Å². The van der Waals surface area contributed by atoms with E-state index in [1.54, 1.807) is 17.4 Å². The van der Waals surface area contributed by atoms with Crippen LogP contribution in [0.4, 0.5) is 0 Å². The molecule has 2 aromatic rings. The molecule has 0 atom stereocenters. The van der Waals surface area contributed by atoms with Crippen molar-refractivity contribution in [1.82, 2.24) is 9.88 Å². The predicted molar refractivity (Wildman–Crippen MR) is 79.9 cm³/mol. The van der Waals surface area contributed by atoms with E-state index in [4.69, 9.17) is 5.11 Å². The lowest BCUT2D eigenvalue weighted by Gasteiger charge is -2.25. The lowest BCUT2D eigenvalue weighted by atomic mass is 10.2. The van der Waals surface area contributed by atoms with Gasteiger partial charge in [0.1, 0.15) is 5.69 Å². The monoisotopic (exact) mass is 290 g/mol. The average Bonchev–Trinajstić information content (AvgIpc) is 2.91. The van der Waals surface area contributed by atoms with E-state index >= 15 is 0 Å². The maximum absolute atomic E-state index is 11.0. The molecule has 0 aliphatic rings. The van der Waals surface area contributed by atoms with Gasteiger partial charge in [0.15, 0.2) is 0 Å². The second kappa shape index (κ2) is 6.63. The molecule has 1 N–H and O–H groups in total. The molecule has 0 radical (unpaired) electrons. The fourth-order valence-corrected chi connectivity index (χ4v) is 2.65. The number of carboxylic acids is 1. The van der Waals surface area contributed by atoms with E-state index < -0.39 is 5.97 Å². The first-order valence-corrected chi connectivity index (χ1v) is 7.40. The van der Waals surface area contributed by atoms with Crippen LogP contribution in [0.25, 0.3) is 0 Å². The fourth-order valence-electron chi connectivity index (χ4n) is 1.92. The number of pyridine rings is 1. The molecule has 20 heavy (non-hydrogen) atoms. The molecule has 0 fully saturated rings. The van der Waals surface area contributed by atoms with E-state index in [2.05, 4.69) is 35.2 Å². The molecule has 0 aromatic carbocycles. The second-order valence-corrected chi connectivity index (χ2v) is 5.93. The molecule has 5 heteroatoms. The number of aromatic nitrogens is 1. The van der Waals surface area contributed by atoms with Crippen molar-refractivity contribution in [3.8, 4) is 0 Å². The van der Waals surface area contributed by atoms with Crippen LogP contribution in [0.1, 0.15) is 34.9 Å². The Balaban J connectivity index is 2.11. The summed E-state index contributed by atoms with van der Waals surface area (Å²) in [7, 11) is 0. The third kappa shape index (κ3) is 3.88. The average molecular weight is 290 g/mol. The summed E-state index contributed by atoms with van der Waals surface area (Å²) >= 11 is 1.73. The number of thiophene rings is 1. The first-order chi connectivity index (χ1) is 9.56. The van der Waals surface area contributed by atoms with Gasteiger partial charge >= 0.3 is 5.97 Å². The molecule has 106 valence electrons. The van der Waals surface area contributed by atoms with Gasteiger partial charge in [-0.25, -0.2) is 9.78 Å². The zero-order valence-corrected chi connectivity index (χ0v) is 12.4. The van der Waals surface area contributed by atoms with E-state index in [-0.39, 0.29) is 5.69 Å². The molecule has 0 aliphatic carbocycles. The minimum absolute atomic E-state index is 0.0994. The van der Waals surface area contributed by atoms with Crippen molar-refractivity contribution in [3.63, 3.8) is 0 Å². The Morgan fingerprint density at radius 1 is 1.30 bits per heavy atom. The number of hydrogen-bond acceptors (Lipinski definition) is 4. The van der Waals surface area contributed by atoms with Crippen LogP contribution in [0.3, 0.4) is 0 Å². The van der Waals surface area contributed by atoms with Gasteiger partial charge in [0, 0.05) is 24.0 Å². The van der Waals surface area contributed by atoms with Crippen LogP contribution in [-0.2, 0) is 13.1 Å². The number of aromatic carboxylic acids is 1. The number of rotatable bonds is 6. The third-order valence-electron chi connectivity index (χ3n) is 3.06. The molecule has 0 aliphatic heterocycles. The van der Waals surface area contributed by atoms with Gasteiger partial charge in [-0.3, -0.25) is 4.90 Å². The van der Waals surface area contributed by atoms with Crippen molar-refractivity contribution in [2.24, 2.45) is 0 Å². The summed E-state index contributed by atoms with van der Waals surface area (Å²) in [4.78, 5) is 18.7. The van der Waals surface area contributed by atoms with Crippen LogP contribution >= 0.6 is 11.3 Å². The molecule has 0 bridgehead atoms. The van der Waals surface area contributed by atoms with E-state index in [0.717, 1.165) is 12.2 Å². The highest BCUT2D eigenvalue weighted by molar-refractivity contribution is 7.09. The normalized spacial score (nSPS) is 11.2. The highest BCUT2D eigenvalue weighted by Crippen LogP contribution is 2.16. The van der Waals surface area contributed by atoms with Crippen molar-refractivity contribution in [2.45, 2.75) is 33.0 Å². The number of nitrogens with zero attached hydrogens (tertiary/aromatic N) is 2. The Morgan fingerprint density at radius 2 is 2.10 bits per heavy atom. The quantitative estimate of drug-likeness (QED) is 0.887. The minimum Gasteiger partial charge on any atom is -0.477 e. The number of hydrogen-bond donors (Lipinski definition) is 1. The van der Waals surface area contributed by atoms with E-state index in [1.807, 2.05) is 12.1 Å². The minimum atomic E-state index is -0.985. The summed E-state index contributed by atoms with van der Waals surface area (Å²) in [6.45, 7) is 5.77. The summed E-state index contributed by atoms with van der Waals surface area (Å²) < 4.78 is 0. The first-order valence-electron chi connectivity index (χ1n) is 6.52. The smallest absolute Gasteiger partial charge is 0.354 e. The van der Waals surface area contributed by atoms with Crippen LogP contribution in [0.2, 0.25) is 0 Å². The summed E-state index contributed by atoms with van der Waals surface area (Å²) in [6.07, 6.45) is 0. The number of carboxylic acid groups (broad SMARTS) is 1. The Morgan fingerprint density at radius 3 is 2.70 bits per heavy atom. The highest BCUT2D eigenvalue weighted by atomic mass is 32.1. The van der Waals surface area contributed by atoms with Crippen LogP contribution in [0, 0.1) is 0 Å². The summed E-state index contributed by atoms with van der Waals surface area (Å²) in [5.74, 6) is -0.985. The van der Waals surface area contributed by atoms with Crippen LogP contribution in [0.5, 0.6) is 0 Å². The molecule has 0 unspecified atom stereocenters. The Labute approximate surface area is 122 Å². The standard InChI is InChI=1S/C15H18N2O2S/c1-11(2)17(10-13-6-4-8-20-13)9-12-5-3-7-14(16-12)15(18)19/h3-8,11H,9-10H2,1-2H3,(H,18,19). The molecule has 0 spiro atoms. The third-order valence-corrected chi connectivity index (χ3v) is 3.92. The molecule has 4 nitrogen and oxygen atoms in total. The van der Waals surface area contributed by atoms with Gasteiger partial charge in [-0.2, -0.15) is 0 Å². The molecule has 2 aromatic heterocycles. The zero-order valence-electron chi connectivity index (χ0n) is 11.6. The van der Waals surface area contributed by atoms with Crippen molar-refractivity contribution in [1.29, 1.82) is 0 Å². The molecule has 2 heterocycles. The van der Waals surface area contributed by atoms with Crippen LogP contribution < -0.4 is 0 Å². The van der Waals surface area contributed by atoms with Gasteiger partial charge in [-0.15, -0.1) is 11.3 Å². The van der Waals surface area contributed by atoms with Crippen molar-refractivity contribution >= 4 is 17.3 Å². The number of carbonyl (C=O) groups is 1. The second-order valence-electron chi connectivity index (χ2n) is 4.90. The predicted octanol–water partition coefficient (Wildman–Crippen LogP) is 3.25. The molecular weight excluding hydrogens is 272 g/mol. The topological polar surface area (TPSA) is 53.4 Å². The highest BCUT2D eigenvalue weighted by Gasteiger charge is 2.13. The summed E-state index contributed by atoms with van der Waals surface area (Å²) in [5.41, 5.74) is 0.887. The van der Waals surface area contributed by atoms with Crippen molar-refractivity contribution < 1.29 is 9.90 Å². The molecular formula is C15H18N2O2S. The Kier molecular flexibility index (Phi) is 4.87. The molecule has 2 rings (SSSR count). The van der Waals surface area contributed by atoms with Crippen molar-refractivity contribution in [2.75, 3.05) is 0 Å². The first kappa shape index (κ1) is 14.7. The summed E-state index contributed by atoms with van der Waals surface area (Å²) in [6, 6.07) is 9.66. The Bertz CT molecular complexity index is 567. The molecule has 0 saturated carbocycles. The Hall–Kier alpha value is -1.72. The van der Waals surface area contributed by atoms with E-state index in [0.29, 0.717) is 12.6 Å². The fraction of sp³-hybridized carbons (Fsp3) is 0.333. The van der Waals surface area contributed by atoms with Crippen LogP contribution in [-0.4, -0.2) is 27.0 Å². The maximum atomic E-state index is 11.0. The van der Waals surface area contributed by atoms with Gasteiger partial charge in [0.2, 0.25) is 0 Å². The molecule has 0 amide bonds. The lowest BCUT2D eigenvalue weighted by Crippen LogP contribution is -2.30. The van der Waals surface area contributed by atoms with Gasteiger partial charge < -0.3 is 5.11 Å². The lowest BCUT2D eigenvalue weighted by molar-refractivity contribution is 0.0689. The van der Waals surface area contributed by atoms with Gasteiger partial charge in [0.05, 0.1) is 5.69 Å². The van der Waals surface area contributed by atoms with E-state index in [9.17, 15) is 4.79 Å². The largest absolute Gasteiger partial charge is 0.477 e. The maximum Gasteiger partial charge on any atom is 0.354 e. The molecule has 0 saturated heterocycles. The van der Waals surface area contributed by atoms with Gasteiger partial charge in [0.25, 0.3) is 0 Å². The van der Waals surface area contributed by atoms with Crippen molar-refractivity contribution in [3.05, 3.63) is 52.0 Å². The SMILES string of the molecule is CC(C)N(Cc1cccc(C(=O)O)n1)Cc1cccs1. The van der Waals surface area contributed by atoms with Gasteiger partial charge in [-0.05, 0) is 37.4 Å². The summed E-state index contributed by atoms with van der Waals surface area (Å²) in [5, 5.41) is 11.1. The van der Waals surface area contributed by atoms with E-state index in [1.165, 1.54) is 10.9 Å². The zero-order chi connectivity index (χ0) is 14.5. The van der Waals surface area contributed by atoms with Gasteiger partial charge in [-0.1, -0.05) is 12.1 Å².